The maximum absolute atomic E-state index is 11.7. The van der Waals surface area contributed by atoms with Gasteiger partial charge in [0.05, 0.1) is 18.1 Å². The second-order valence-electron chi connectivity index (χ2n) is 5.90. The maximum atomic E-state index is 11.7. The van der Waals surface area contributed by atoms with Crippen LogP contribution in [0.15, 0.2) is 0 Å². The zero-order chi connectivity index (χ0) is 12.0. The first-order valence-corrected chi connectivity index (χ1v) is 8.49. The molecule has 0 aromatic rings. The predicted molar refractivity (Wildman–Crippen MR) is 65.5 cm³/mol. The van der Waals surface area contributed by atoms with Gasteiger partial charge in [-0.1, -0.05) is 19.3 Å². The summed E-state index contributed by atoms with van der Waals surface area (Å²) in [6.07, 6.45) is 7.85. The smallest absolute Gasteiger partial charge is 0.154 e. The van der Waals surface area contributed by atoms with E-state index in [1.165, 1.54) is 32.1 Å². The van der Waals surface area contributed by atoms with Gasteiger partial charge in [-0.2, -0.15) is 0 Å². The Morgan fingerprint density at radius 3 is 2.41 bits per heavy atom. The van der Waals surface area contributed by atoms with Crippen molar-refractivity contribution in [3.63, 3.8) is 0 Å². The highest BCUT2D eigenvalue weighted by molar-refractivity contribution is 7.91. The molecule has 3 aliphatic rings. The van der Waals surface area contributed by atoms with Crippen LogP contribution in [-0.4, -0.2) is 37.8 Å². The largest absolute Gasteiger partial charge is 0.359 e. The summed E-state index contributed by atoms with van der Waals surface area (Å²) in [5.74, 6) is 0.442. The fraction of sp³-hybridized carbons (Fsp3) is 1.00. The van der Waals surface area contributed by atoms with E-state index in [2.05, 4.69) is 5.32 Å². The van der Waals surface area contributed by atoms with E-state index in [1.54, 1.807) is 0 Å². The van der Waals surface area contributed by atoms with Gasteiger partial charge in [-0.15, -0.1) is 0 Å². The second-order valence-corrected chi connectivity index (χ2v) is 8.08. The zero-order valence-corrected chi connectivity index (χ0v) is 11.0. The van der Waals surface area contributed by atoms with Gasteiger partial charge in [0.15, 0.2) is 9.84 Å². The van der Waals surface area contributed by atoms with Gasteiger partial charge in [0.1, 0.15) is 5.72 Å². The van der Waals surface area contributed by atoms with Crippen LogP contribution in [0.2, 0.25) is 0 Å². The zero-order valence-electron chi connectivity index (χ0n) is 10.2. The molecule has 2 spiro atoms. The lowest BCUT2D eigenvalue weighted by molar-refractivity contribution is -0.123. The van der Waals surface area contributed by atoms with Crippen LogP contribution in [0.4, 0.5) is 0 Å². The summed E-state index contributed by atoms with van der Waals surface area (Å²) in [4.78, 5) is 0. The quantitative estimate of drug-likeness (QED) is 0.710. The van der Waals surface area contributed by atoms with Crippen molar-refractivity contribution in [2.24, 2.45) is 0 Å². The minimum Gasteiger partial charge on any atom is -0.359 e. The molecular weight excluding hydrogens is 238 g/mol. The second kappa shape index (κ2) is 3.93. The van der Waals surface area contributed by atoms with E-state index in [9.17, 15) is 8.42 Å². The van der Waals surface area contributed by atoms with Gasteiger partial charge >= 0.3 is 0 Å². The Morgan fingerprint density at radius 2 is 1.76 bits per heavy atom. The molecule has 4 nitrogen and oxygen atoms in total. The summed E-state index contributed by atoms with van der Waals surface area (Å²) in [6.45, 7) is 0.711. The fourth-order valence-electron chi connectivity index (χ4n) is 3.66. The number of hydrogen-bond donors (Lipinski definition) is 1. The standard InChI is InChI=1S/C12H21NO3S/c14-17(15)9-7-12(10-17)13-11(6-8-16-12)4-2-1-3-5-11/h13H,1-10H2. The van der Waals surface area contributed by atoms with E-state index in [1.807, 2.05) is 0 Å². The molecule has 2 saturated heterocycles. The van der Waals surface area contributed by atoms with Crippen LogP contribution in [0.5, 0.6) is 0 Å². The monoisotopic (exact) mass is 259 g/mol. The van der Waals surface area contributed by atoms with Crippen molar-refractivity contribution in [1.82, 2.24) is 5.32 Å². The van der Waals surface area contributed by atoms with Gasteiger partial charge in [-0.25, -0.2) is 8.42 Å². The molecule has 5 heteroatoms. The summed E-state index contributed by atoms with van der Waals surface area (Å²) in [6, 6.07) is 0. The van der Waals surface area contributed by atoms with Crippen molar-refractivity contribution in [3.05, 3.63) is 0 Å². The van der Waals surface area contributed by atoms with Crippen molar-refractivity contribution in [2.45, 2.75) is 56.2 Å². The molecule has 17 heavy (non-hydrogen) atoms. The van der Waals surface area contributed by atoms with Crippen LogP contribution in [-0.2, 0) is 14.6 Å². The molecule has 0 bridgehead atoms. The molecule has 2 aliphatic heterocycles. The molecule has 0 aromatic heterocycles. The van der Waals surface area contributed by atoms with Gasteiger partial charge in [0, 0.05) is 12.0 Å². The Labute approximate surface area is 103 Å². The fourth-order valence-corrected chi connectivity index (χ4v) is 5.45. The summed E-state index contributed by atoms with van der Waals surface area (Å²) in [5.41, 5.74) is -0.398. The molecule has 0 radical (unpaired) electrons. The number of ether oxygens (including phenoxy) is 1. The van der Waals surface area contributed by atoms with Crippen LogP contribution in [0.3, 0.4) is 0 Å². The molecular formula is C12H21NO3S. The molecule has 3 rings (SSSR count). The average Bonchev–Trinajstić information content (AvgIpc) is 2.55. The maximum Gasteiger partial charge on any atom is 0.154 e. The first-order chi connectivity index (χ1) is 8.04. The number of hydrogen-bond acceptors (Lipinski definition) is 4. The van der Waals surface area contributed by atoms with Crippen LogP contribution in [0.1, 0.15) is 44.9 Å². The van der Waals surface area contributed by atoms with E-state index in [4.69, 9.17) is 4.74 Å². The molecule has 1 atom stereocenters. The van der Waals surface area contributed by atoms with E-state index < -0.39 is 15.6 Å². The molecule has 1 unspecified atom stereocenters. The number of sulfone groups is 1. The lowest BCUT2D eigenvalue weighted by Crippen LogP contribution is -2.64. The van der Waals surface area contributed by atoms with Gasteiger partial charge in [-0.3, -0.25) is 5.32 Å². The van der Waals surface area contributed by atoms with Crippen LogP contribution in [0.25, 0.3) is 0 Å². The Hall–Kier alpha value is -0.130. The third-order valence-electron chi connectivity index (χ3n) is 4.53. The minimum atomic E-state index is -2.90. The Morgan fingerprint density at radius 1 is 1.00 bits per heavy atom. The lowest BCUT2D eigenvalue weighted by atomic mass is 9.77. The van der Waals surface area contributed by atoms with Gasteiger partial charge in [0.25, 0.3) is 0 Å². The summed E-state index contributed by atoms with van der Waals surface area (Å²) in [7, 11) is -2.90. The molecule has 0 aromatic carbocycles. The normalized spacial score (nSPS) is 39.8. The van der Waals surface area contributed by atoms with Crippen LogP contribution >= 0.6 is 0 Å². The number of nitrogens with one attached hydrogen (secondary N) is 1. The third kappa shape index (κ3) is 2.25. The Balaban J connectivity index is 1.79. The SMILES string of the molecule is O=S1(=O)CCC2(C1)NC1(CCCCC1)CCO2. The van der Waals surface area contributed by atoms with E-state index >= 15 is 0 Å². The number of rotatable bonds is 0. The molecule has 0 amide bonds. The molecule has 1 saturated carbocycles. The third-order valence-corrected chi connectivity index (χ3v) is 6.26. The highest BCUT2D eigenvalue weighted by atomic mass is 32.2. The summed E-state index contributed by atoms with van der Waals surface area (Å²) >= 11 is 0. The minimum absolute atomic E-state index is 0.163. The van der Waals surface area contributed by atoms with E-state index in [-0.39, 0.29) is 17.0 Å². The summed E-state index contributed by atoms with van der Waals surface area (Å²) < 4.78 is 29.1. The first-order valence-electron chi connectivity index (χ1n) is 6.67. The van der Waals surface area contributed by atoms with E-state index in [0.29, 0.717) is 13.0 Å². The molecule has 2 heterocycles. The van der Waals surface area contributed by atoms with Crippen molar-refractivity contribution in [2.75, 3.05) is 18.1 Å². The van der Waals surface area contributed by atoms with Gasteiger partial charge in [0.2, 0.25) is 0 Å². The van der Waals surface area contributed by atoms with Crippen LogP contribution in [0, 0.1) is 0 Å². The van der Waals surface area contributed by atoms with Gasteiger partial charge < -0.3 is 4.74 Å². The van der Waals surface area contributed by atoms with E-state index in [0.717, 1.165) is 6.42 Å². The Kier molecular flexibility index (Phi) is 2.76. The topological polar surface area (TPSA) is 55.4 Å². The average molecular weight is 259 g/mol. The highest BCUT2D eigenvalue weighted by Crippen LogP contribution is 2.39. The lowest BCUT2D eigenvalue weighted by Gasteiger charge is -2.49. The van der Waals surface area contributed by atoms with Gasteiger partial charge in [-0.05, 0) is 19.3 Å². The molecule has 1 aliphatic carbocycles. The summed E-state index contributed by atoms with van der Waals surface area (Å²) in [5, 5.41) is 3.60. The van der Waals surface area contributed by atoms with Crippen molar-refractivity contribution in [3.8, 4) is 0 Å². The predicted octanol–water partition coefficient (Wildman–Crippen LogP) is 1.21. The van der Waals surface area contributed by atoms with Crippen LogP contribution < -0.4 is 5.32 Å². The van der Waals surface area contributed by atoms with Crippen molar-refractivity contribution in [1.29, 1.82) is 0 Å². The Bertz CT molecular complexity index is 394. The molecule has 1 N–H and O–H groups in total. The first kappa shape index (κ1) is 11.9. The molecule has 98 valence electrons. The van der Waals surface area contributed by atoms with Crippen molar-refractivity contribution < 1.29 is 13.2 Å². The van der Waals surface area contributed by atoms with Crippen molar-refractivity contribution >= 4 is 9.84 Å². The highest BCUT2D eigenvalue weighted by Gasteiger charge is 2.50. The molecule has 3 fully saturated rings.